The van der Waals surface area contributed by atoms with Gasteiger partial charge in [0.05, 0.1) is 0 Å². The van der Waals surface area contributed by atoms with Crippen molar-refractivity contribution in [2.75, 3.05) is 13.1 Å². The van der Waals surface area contributed by atoms with Crippen LogP contribution in [0.15, 0.2) is 28.7 Å². The van der Waals surface area contributed by atoms with Gasteiger partial charge in [-0.15, -0.1) is 0 Å². The van der Waals surface area contributed by atoms with Crippen molar-refractivity contribution in [2.24, 2.45) is 5.92 Å². The molecule has 2 nitrogen and oxygen atoms in total. The fraction of sp³-hybridized carbons (Fsp3) is 0.667. The van der Waals surface area contributed by atoms with Crippen LogP contribution in [0.1, 0.15) is 45.1 Å². The first-order valence-electron chi connectivity index (χ1n) is 8.40. The number of benzene rings is 1. The van der Waals surface area contributed by atoms with Gasteiger partial charge in [-0.05, 0) is 49.3 Å². The summed E-state index contributed by atoms with van der Waals surface area (Å²) in [5.41, 5.74) is 1.75. The number of hydrogen-bond acceptors (Lipinski definition) is 2. The lowest BCUT2D eigenvalue weighted by Crippen LogP contribution is -2.64. The maximum absolute atomic E-state index is 3.85. The molecule has 1 aliphatic heterocycles. The Kier molecular flexibility index (Phi) is 4.72. The first kappa shape index (κ1) is 15.5. The van der Waals surface area contributed by atoms with E-state index < -0.39 is 0 Å². The summed E-state index contributed by atoms with van der Waals surface area (Å²) in [7, 11) is 0. The fourth-order valence-corrected chi connectivity index (χ4v) is 4.22. The van der Waals surface area contributed by atoms with Crippen LogP contribution in [-0.4, -0.2) is 29.6 Å². The lowest BCUT2D eigenvalue weighted by Gasteiger charge is -2.50. The van der Waals surface area contributed by atoms with Gasteiger partial charge in [0.1, 0.15) is 0 Å². The Hall–Kier alpha value is -0.380. The predicted octanol–water partition coefficient (Wildman–Crippen LogP) is 4.19. The molecule has 1 N–H and O–H groups in total. The van der Waals surface area contributed by atoms with Crippen LogP contribution in [0.2, 0.25) is 0 Å². The molecule has 2 aliphatic rings. The number of hydrogen-bond donors (Lipinski definition) is 1. The molecule has 0 amide bonds. The van der Waals surface area contributed by atoms with Crippen molar-refractivity contribution in [1.82, 2.24) is 10.2 Å². The fourth-order valence-electron chi connectivity index (χ4n) is 3.78. The second kappa shape index (κ2) is 6.39. The minimum absolute atomic E-state index is 0.327. The molecule has 0 aromatic heterocycles. The van der Waals surface area contributed by atoms with Crippen molar-refractivity contribution in [3.63, 3.8) is 0 Å². The molecule has 1 atom stereocenters. The molecule has 0 bridgehead atoms. The topological polar surface area (TPSA) is 15.3 Å². The molecule has 1 heterocycles. The number of nitrogens with one attached hydrogen (secondary N) is 1. The van der Waals surface area contributed by atoms with E-state index in [4.69, 9.17) is 0 Å². The van der Waals surface area contributed by atoms with Crippen LogP contribution >= 0.6 is 15.9 Å². The molecule has 0 radical (unpaired) electrons. The molecule has 1 saturated heterocycles. The van der Waals surface area contributed by atoms with Crippen LogP contribution < -0.4 is 5.32 Å². The molecule has 1 aromatic carbocycles. The molecule has 1 aliphatic carbocycles. The second-order valence-corrected chi connectivity index (χ2v) is 7.68. The van der Waals surface area contributed by atoms with E-state index >= 15 is 0 Å². The maximum Gasteiger partial charge on any atom is 0.0333 e. The zero-order valence-corrected chi connectivity index (χ0v) is 14.8. The number of piperazine rings is 1. The van der Waals surface area contributed by atoms with E-state index in [0.29, 0.717) is 11.6 Å². The van der Waals surface area contributed by atoms with E-state index in [2.05, 4.69) is 64.3 Å². The summed E-state index contributed by atoms with van der Waals surface area (Å²) in [5, 5.41) is 3.85. The predicted molar refractivity (Wildman–Crippen MR) is 92.4 cm³/mol. The van der Waals surface area contributed by atoms with Gasteiger partial charge in [-0.3, -0.25) is 4.90 Å². The normalized spacial score (nSPS) is 26.0. The third-order valence-corrected chi connectivity index (χ3v) is 6.04. The average molecular weight is 351 g/mol. The van der Waals surface area contributed by atoms with E-state index in [-0.39, 0.29) is 0 Å². The highest BCUT2D eigenvalue weighted by Gasteiger charge is 2.43. The summed E-state index contributed by atoms with van der Waals surface area (Å²) in [6.07, 6.45) is 5.30. The number of nitrogens with zero attached hydrogens (tertiary/aromatic N) is 1. The minimum atomic E-state index is 0.327. The molecule has 1 aromatic rings. The Morgan fingerprint density at radius 3 is 2.67 bits per heavy atom. The summed E-state index contributed by atoms with van der Waals surface area (Å²) in [5.74, 6) is 0.932. The van der Waals surface area contributed by atoms with Gasteiger partial charge in [-0.2, -0.15) is 0 Å². The Morgan fingerprint density at radius 1 is 1.29 bits per heavy atom. The van der Waals surface area contributed by atoms with Crippen molar-refractivity contribution in [1.29, 1.82) is 0 Å². The van der Waals surface area contributed by atoms with Crippen LogP contribution in [0, 0.1) is 5.92 Å². The molecule has 1 unspecified atom stereocenters. The summed E-state index contributed by atoms with van der Waals surface area (Å²) >= 11 is 3.60. The third-order valence-electron chi connectivity index (χ3n) is 5.55. The van der Waals surface area contributed by atoms with Gasteiger partial charge >= 0.3 is 0 Å². The Bertz CT molecular complexity index is 480. The molecule has 116 valence electrons. The van der Waals surface area contributed by atoms with Gasteiger partial charge in [-0.25, -0.2) is 0 Å². The van der Waals surface area contributed by atoms with Crippen molar-refractivity contribution >= 4 is 15.9 Å². The van der Waals surface area contributed by atoms with Crippen molar-refractivity contribution in [2.45, 2.75) is 57.7 Å². The largest absolute Gasteiger partial charge is 0.311 e. The van der Waals surface area contributed by atoms with E-state index in [1.54, 1.807) is 0 Å². The molecular formula is C18H27BrN2. The van der Waals surface area contributed by atoms with Crippen molar-refractivity contribution in [3.8, 4) is 0 Å². The van der Waals surface area contributed by atoms with Crippen molar-refractivity contribution in [3.05, 3.63) is 34.3 Å². The first-order chi connectivity index (χ1) is 10.2. The third kappa shape index (κ3) is 3.35. The highest BCUT2D eigenvalue weighted by atomic mass is 79.9. The number of rotatable bonds is 5. The van der Waals surface area contributed by atoms with Gasteiger partial charge in [0, 0.05) is 35.7 Å². The Balaban J connectivity index is 1.78. The van der Waals surface area contributed by atoms with Gasteiger partial charge in [-0.1, -0.05) is 41.9 Å². The SMILES string of the molecule is CCC1(CC)CNC(C2CC2)CN1Cc1cccc(Br)c1. The van der Waals surface area contributed by atoms with E-state index in [1.165, 1.54) is 42.3 Å². The van der Waals surface area contributed by atoms with Crippen LogP contribution in [0.4, 0.5) is 0 Å². The zero-order valence-electron chi connectivity index (χ0n) is 13.2. The summed E-state index contributed by atoms with van der Waals surface area (Å²) in [6.45, 7) is 8.12. The van der Waals surface area contributed by atoms with Gasteiger partial charge in [0.25, 0.3) is 0 Å². The smallest absolute Gasteiger partial charge is 0.0333 e. The molecule has 21 heavy (non-hydrogen) atoms. The monoisotopic (exact) mass is 350 g/mol. The highest BCUT2D eigenvalue weighted by molar-refractivity contribution is 9.10. The van der Waals surface area contributed by atoms with Crippen LogP contribution in [0.3, 0.4) is 0 Å². The summed E-state index contributed by atoms with van der Waals surface area (Å²) < 4.78 is 1.19. The minimum Gasteiger partial charge on any atom is -0.311 e. The van der Waals surface area contributed by atoms with Crippen molar-refractivity contribution < 1.29 is 0 Å². The van der Waals surface area contributed by atoms with Gasteiger partial charge in [0.2, 0.25) is 0 Å². The van der Waals surface area contributed by atoms with E-state index in [9.17, 15) is 0 Å². The van der Waals surface area contributed by atoms with E-state index in [0.717, 1.165) is 19.0 Å². The first-order valence-corrected chi connectivity index (χ1v) is 9.19. The molecule has 2 fully saturated rings. The zero-order chi connectivity index (χ0) is 14.9. The van der Waals surface area contributed by atoms with Gasteiger partial charge in [0.15, 0.2) is 0 Å². The average Bonchev–Trinajstić information content (AvgIpc) is 3.32. The van der Waals surface area contributed by atoms with Crippen LogP contribution in [-0.2, 0) is 6.54 Å². The molecule has 0 spiro atoms. The van der Waals surface area contributed by atoms with Gasteiger partial charge < -0.3 is 5.32 Å². The quantitative estimate of drug-likeness (QED) is 0.856. The highest BCUT2D eigenvalue weighted by Crippen LogP contribution is 2.37. The summed E-state index contributed by atoms with van der Waals surface area (Å²) in [6, 6.07) is 9.50. The summed E-state index contributed by atoms with van der Waals surface area (Å²) in [4.78, 5) is 2.76. The van der Waals surface area contributed by atoms with Crippen LogP contribution in [0.5, 0.6) is 0 Å². The Morgan fingerprint density at radius 2 is 2.05 bits per heavy atom. The lowest BCUT2D eigenvalue weighted by molar-refractivity contribution is 0.0202. The van der Waals surface area contributed by atoms with Crippen LogP contribution in [0.25, 0.3) is 0 Å². The maximum atomic E-state index is 3.85. The standard InChI is InChI=1S/C18H27BrN2/c1-3-18(4-2)13-20-17(15-8-9-15)12-21(18)11-14-6-5-7-16(19)10-14/h5-7,10,15,17,20H,3-4,8-9,11-13H2,1-2H3. The molecule has 1 saturated carbocycles. The molecular weight excluding hydrogens is 324 g/mol. The Labute approximate surface area is 137 Å². The molecule has 3 rings (SSSR count). The number of halogens is 1. The van der Waals surface area contributed by atoms with E-state index in [1.807, 2.05) is 0 Å². The molecule has 3 heteroatoms. The second-order valence-electron chi connectivity index (χ2n) is 6.77. The lowest BCUT2D eigenvalue weighted by atomic mass is 9.86.